The lowest BCUT2D eigenvalue weighted by molar-refractivity contribution is 0.550. The molecule has 0 amide bonds. The van der Waals surface area contributed by atoms with Crippen LogP contribution in [0, 0.1) is 12.3 Å². The highest BCUT2D eigenvalue weighted by molar-refractivity contribution is 5.15. The Bertz CT molecular complexity index is 333. The molecule has 0 saturated carbocycles. The van der Waals surface area contributed by atoms with Crippen molar-refractivity contribution in [3.63, 3.8) is 0 Å². The SMILES string of the molecule is C#CCC(NC)c1cc(CC)nn1C. The van der Waals surface area contributed by atoms with E-state index in [9.17, 15) is 0 Å². The fourth-order valence-corrected chi connectivity index (χ4v) is 1.51. The Kier molecular flexibility index (Phi) is 3.73. The summed E-state index contributed by atoms with van der Waals surface area (Å²) in [4.78, 5) is 0. The van der Waals surface area contributed by atoms with Crippen LogP contribution in [0.15, 0.2) is 6.07 Å². The maximum atomic E-state index is 5.31. The zero-order chi connectivity index (χ0) is 10.6. The predicted octanol–water partition coefficient (Wildman–Crippen LogP) is 1.27. The summed E-state index contributed by atoms with van der Waals surface area (Å²) in [5, 5.41) is 7.58. The molecule has 76 valence electrons. The van der Waals surface area contributed by atoms with Crippen LogP contribution in [0.5, 0.6) is 0 Å². The van der Waals surface area contributed by atoms with Gasteiger partial charge >= 0.3 is 0 Å². The largest absolute Gasteiger partial charge is 0.311 e. The van der Waals surface area contributed by atoms with E-state index in [4.69, 9.17) is 6.42 Å². The highest BCUT2D eigenvalue weighted by Crippen LogP contribution is 2.16. The third-order valence-corrected chi connectivity index (χ3v) is 2.36. The average molecular weight is 191 g/mol. The lowest BCUT2D eigenvalue weighted by Crippen LogP contribution is -2.18. The summed E-state index contributed by atoms with van der Waals surface area (Å²) >= 11 is 0. The molecule has 0 aromatic carbocycles. The average Bonchev–Trinajstić information content (AvgIpc) is 2.56. The van der Waals surface area contributed by atoms with Crippen molar-refractivity contribution in [1.82, 2.24) is 15.1 Å². The van der Waals surface area contributed by atoms with Gasteiger partial charge in [0.2, 0.25) is 0 Å². The lowest BCUT2D eigenvalue weighted by atomic mass is 10.1. The second kappa shape index (κ2) is 4.83. The van der Waals surface area contributed by atoms with Crippen molar-refractivity contribution in [2.24, 2.45) is 7.05 Å². The van der Waals surface area contributed by atoms with E-state index >= 15 is 0 Å². The summed E-state index contributed by atoms with van der Waals surface area (Å²) in [7, 11) is 3.87. The zero-order valence-corrected chi connectivity index (χ0v) is 9.04. The Balaban J connectivity index is 2.92. The van der Waals surface area contributed by atoms with E-state index in [1.165, 1.54) is 0 Å². The first kappa shape index (κ1) is 10.8. The van der Waals surface area contributed by atoms with E-state index in [2.05, 4.69) is 29.3 Å². The molecule has 1 atom stereocenters. The molecule has 0 spiro atoms. The smallest absolute Gasteiger partial charge is 0.0625 e. The minimum atomic E-state index is 0.206. The van der Waals surface area contributed by atoms with Crippen molar-refractivity contribution in [2.75, 3.05) is 7.05 Å². The molecule has 1 heterocycles. The van der Waals surface area contributed by atoms with Gasteiger partial charge in [-0.05, 0) is 19.5 Å². The van der Waals surface area contributed by atoms with E-state index in [1.54, 1.807) is 0 Å². The summed E-state index contributed by atoms with van der Waals surface area (Å²) in [6.07, 6.45) is 6.96. The molecule has 1 aromatic heterocycles. The number of terminal acetylenes is 1. The quantitative estimate of drug-likeness (QED) is 0.726. The van der Waals surface area contributed by atoms with Gasteiger partial charge in [0.05, 0.1) is 17.4 Å². The first-order valence-corrected chi connectivity index (χ1v) is 4.86. The molecule has 0 fully saturated rings. The van der Waals surface area contributed by atoms with Crippen LogP contribution in [0.25, 0.3) is 0 Å². The fourth-order valence-electron chi connectivity index (χ4n) is 1.51. The van der Waals surface area contributed by atoms with Crippen LogP contribution in [0.4, 0.5) is 0 Å². The number of rotatable bonds is 4. The maximum absolute atomic E-state index is 5.31. The van der Waals surface area contributed by atoms with Crippen LogP contribution in [-0.2, 0) is 13.5 Å². The van der Waals surface area contributed by atoms with E-state index in [0.29, 0.717) is 6.42 Å². The normalized spacial score (nSPS) is 12.4. The predicted molar refractivity (Wildman–Crippen MR) is 57.8 cm³/mol. The van der Waals surface area contributed by atoms with Gasteiger partial charge in [-0.3, -0.25) is 4.68 Å². The Morgan fingerprint density at radius 1 is 1.71 bits per heavy atom. The maximum Gasteiger partial charge on any atom is 0.0625 e. The summed E-state index contributed by atoms with van der Waals surface area (Å²) in [5.41, 5.74) is 2.27. The van der Waals surface area contributed by atoms with Gasteiger partial charge in [-0.25, -0.2) is 0 Å². The molecule has 1 aromatic rings. The van der Waals surface area contributed by atoms with Crippen molar-refractivity contribution in [1.29, 1.82) is 0 Å². The van der Waals surface area contributed by atoms with Crippen LogP contribution < -0.4 is 5.32 Å². The molecule has 0 saturated heterocycles. The van der Waals surface area contributed by atoms with Crippen LogP contribution in [0.2, 0.25) is 0 Å². The van der Waals surface area contributed by atoms with Gasteiger partial charge in [0, 0.05) is 13.5 Å². The van der Waals surface area contributed by atoms with E-state index < -0.39 is 0 Å². The number of nitrogens with zero attached hydrogens (tertiary/aromatic N) is 2. The van der Waals surface area contributed by atoms with E-state index in [0.717, 1.165) is 17.8 Å². The molecule has 0 aliphatic rings. The number of aromatic nitrogens is 2. The molecular weight excluding hydrogens is 174 g/mol. The van der Waals surface area contributed by atoms with E-state index in [-0.39, 0.29) is 6.04 Å². The van der Waals surface area contributed by atoms with Gasteiger partial charge < -0.3 is 5.32 Å². The summed E-state index contributed by atoms with van der Waals surface area (Å²) in [6, 6.07) is 2.32. The lowest BCUT2D eigenvalue weighted by Gasteiger charge is -2.12. The summed E-state index contributed by atoms with van der Waals surface area (Å²) in [5.74, 6) is 2.67. The van der Waals surface area contributed by atoms with Crippen molar-refractivity contribution < 1.29 is 0 Å². The number of nitrogens with one attached hydrogen (secondary N) is 1. The molecule has 0 radical (unpaired) electrons. The minimum absolute atomic E-state index is 0.206. The van der Waals surface area contributed by atoms with Gasteiger partial charge in [-0.1, -0.05) is 6.92 Å². The van der Waals surface area contributed by atoms with Crippen LogP contribution >= 0.6 is 0 Å². The van der Waals surface area contributed by atoms with Crippen LogP contribution in [0.3, 0.4) is 0 Å². The van der Waals surface area contributed by atoms with Gasteiger partial charge in [0.1, 0.15) is 0 Å². The van der Waals surface area contributed by atoms with E-state index in [1.807, 2.05) is 18.8 Å². The highest BCUT2D eigenvalue weighted by atomic mass is 15.3. The van der Waals surface area contributed by atoms with Gasteiger partial charge in [0.25, 0.3) is 0 Å². The first-order chi connectivity index (χ1) is 6.72. The van der Waals surface area contributed by atoms with Crippen molar-refractivity contribution in [3.05, 3.63) is 17.5 Å². The Morgan fingerprint density at radius 2 is 2.43 bits per heavy atom. The second-order valence-corrected chi connectivity index (χ2v) is 3.29. The first-order valence-electron chi connectivity index (χ1n) is 4.86. The molecular formula is C11H17N3. The highest BCUT2D eigenvalue weighted by Gasteiger charge is 2.13. The molecule has 14 heavy (non-hydrogen) atoms. The molecule has 0 aliphatic heterocycles. The molecule has 3 nitrogen and oxygen atoms in total. The molecule has 1 unspecified atom stereocenters. The minimum Gasteiger partial charge on any atom is -0.311 e. The molecule has 0 bridgehead atoms. The molecule has 0 aliphatic carbocycles. The molecule has 3 heteroatoms. The zero-order valence-electron chi connectivity index (χ0n) is 9.04. The van der Waals surface area contributed by atoms with Gasteiger partial charge in [-0.15, -0.1) is 12.3 Å². The van der Waals surface area contributed by atoms with Crippen molar-refractivity contribution >= 4 is 0 Å². The van der Waals surface area contributed by atoms with Crippen molar-refractivity contribution in [2.45, 2.75) is 25.8 Å². The third-order valence-electron chi connectivity index (χ3n) is 2.36. The third kappa shape index (κ3) is 2.15. The molecule has 1 N–H and O–H groups in total. The fraction of sp³-hybridized carbons (Fsp3) is 0.545. The summed E-state index contributed by atoms with van der Waals surface area (Å²) < 4.78 is 1.90. The van der Waals surface area contributed by atoms with Crippen molar-refractivity contribution in [3.8, 4) is 12.3 Å². The number of hydrogen-bond acceptors (Lipinski definition) is 2. The number of hydrogen-bond donors (Lipinski definition) is 1. The molecule has 1 rings (SSSR count). The van der Waals surface area contributed by atoms with Gasteiger partial charge in [-0.2, -0.15) is 5.10 Å². The standard InChI is InChI=1S/C11H17N3/c1-5-7-10(12-3)11-8-9(6-2)13-14(11)4/h1,8,10,12H,6-7H2,2-4H3. The number of aryl methyl sites for hydroxylation is 2. The van der Waals surface area contributed by atoms with Gasteiger partial charge in [0.15, 0.2) is 0 Å². The Hall–Kier alpha value is -1.27. The Morgan fingerprint density at radius 3 is 2.86 bits per heavy atom. The Labute approximate surface area is 85.5 Å². The van der Waals surface area contributed by atoms with Crippen LogP contribution in [0.1, 0.15) is 30.8 Å². The monoisotopic (exact) mass is 191 g/mol. The summed E-state index contributed by atoms with van der Waals surface area (Å²) in [6.45, 7) is 2.10. The second-order valence-electron chi connectivity index (χ2n) is 3.29. The van der Waals surface area contributed by atoms with Crippen LogP contribution in [-0.4, -0.2) is 16.8 Å². The topological polar surface area (TPSA) is 29.9 Å².